The number of rotatable bonds is 5. The van der Waals surface area contributed by atoms with Crippen LogP contribution in [0.15, 0.2) is 18.2 Å². The maximum Gasteiger partial charge on any atom is 0.224 e. The molecule has 1 unspecified atom stereocenters. The van der Waals surface area contributed by atoms with Gasteiger partial charge in [0.05, 0.1) is 11.4 Å². The molecule has 0 fully saturated rings. The standard InChI is InChI=1S/C11H15ClN2O2S/c1-17(16)6-2-3-11(15)14-10-7-8(12)4-5-9(10)13/h4-5,7H,2-3,6,13H2,1H3,(H,14,15). The van der Waals surface area contributed by atoms with Crippen molar-refractivity contribution in [2.45, 2.75) is 12.8 Å². The second kappa shape index (κ2) is 6.61. The first-order chi connectivity index (χ1) is 7.99. The van der Waals surface area contributed by atoms with Crippen LogP contribution in [0.1, 0.15) is 12.8 Å². The molecule has 0 aliphatic carbocycles. The van der Waals surface area contributed by atoms with E-state index in [1.807, 2.05) is 0 Å². The lowest BCUT2D eigenvalue weighted by Gasteiger charge is -2.08. The minimum absolute atomic E-state index is 0.149. The van der Waals surface area contributed by atoms with Gasteiger partial charge in [-0.3, -0.25) is 9.00 Å². The molecule has 1 amide bonds. The molecule has 0 aliphatic rings. The van der Waals surface area contributed by atoms with Crippen molar-refractivity contribution in [2.75, 3.05) is 23.1 Å². The van der Waals surface area contributed by atoms with Gasteiger partial charge in [0.2, 0.25) is 5.91 Å². The summed E-state index contributed by atoms with van der Waals surface area (Å²) in [7, 11) is -0.862. The summed E-state index contributed by atoms with van der Waals surface area (Å²) in [5, 5.41) is 3.20. The summed E-state index contributed by atoms with van der Waals surface area (Å²) >= 11 is 5.80. The number of benzene rings is 1. The Morgan fingerprint density at radius 1 is 1.53 bits per heavy atom. The van der Waals surface area contributed by atoms with E-state index in [1.165, 1.54) is 0 Å². The summed E-state index contributed by atoms with van der Waals surface area (Å²) < 4.78 is 10.8. The largest absolute Gasteiger partial charge is 0.397 e. The van der Waals surface area contributed by atoms with Crippen LogP contribution in [-0.2, 0) is 15.6 Å². The highest BCUT2D eigenvalue weighted by Crippen LogP contribution is 2.22. The first-order valence-corrected chi connectivity index (χ1v) is 7.24. The van der Waals surface area contributed by atoms with E-state index in [2.05, 4.69) is 5.32 Å². The van der Waals surface area contributed by atoms with E-state index >= 15 is 0 Å². The zero-order chi connectivity index (χ0) is 12.8. The highest BCUT2D eigenvalue weighted by atomic mass is 35.5. The Bertz CT molecular complexity index is 437. The molecule has 6 heteroatoms. The van der Waals surface area contributed by atoms with E-state index in [4.69, 9.17) is 17.3 Å². The van der Waals surface area contributed by atoms with E-state index in [9.17, 15) is 9.00 Å². The summed E-state index contributed by atoms with van der Waals surface area (Å²) in [6.45, 7) is 0. The van der Waals surface area contributed by atoms with Crippen molar-refractivity contribution in [3.8, 4) is 0 Å². The molecule has 0 bridgehead atoms. The van der Waals surface area contributed by atoms with Crippen LogP contribution in [0.25, 0.3) is 0 Å². The van der Waals surface area contributed by atoms with Crippen molar-refractivity contribution in [3.05, 3.63) is 23.2 Å². The molecule has 0 radical (unpaired) electrons. The molecule has 0 aromatic heterocycles. The van der Waals surface area contributed by atoms with Gasteiger partial charge in [-0.25, -0.2) is 0 Å². The van der Waals surface area contributed by atoms with Crippen LogP contribution in [0.2, 0.25) is 5.02 Å². The van der Waals surface area contributed by atoms with E-state index in [0.717, 1.165) is 0 Å². The van der Waals surface area contributed by atoms with E-state index in [1.54, 1.807) is 24.5 Å². The summed E-state index contributed by atoms with van der Waals surface area (Å²) in [6.07, 6.45) is 2.54. The van der Waals surface area contributed by atoms with Gasteiger partial charge in [-0.05, 0) is 24.6 Å². The third-order valence-corrected chi connectivity index (χ3v) is 3.22. The second-order valence-electron chi connectivity index (χ2n) is 3.66. The van der Waals surface area contributed by atoms with E-state index in [0.29, 0.717) is 35.0 Å². The number of amides is 1. The lowest BCUT2D eigenvalue weighted by atomic mass is 10.2. The number of nitrogens with one attached hydrogen (secondary N) is 1. The molecule has 1 aromatic rings. The van der Waals surface area contributed by atoms with Crippen LogP contribution in [0.4, 0.5) is 11.4 Å². The molecule has 4 nitrogen and oxygen atoms in total. The summed E-state index contributed by atoms with van der Waals surface area (Å²) in [6, 6.07) is 4.90. The third kappa shape index (κ3) is 5.19. The Labute approximate surface area is 108 Å². The highest BCUT2D eigenvalue weighted by molar-refractivity contribution is 7.84. The first kappa shape index (κ1) is 14.0. The maximum atomic E-state index is 11.5. The van der Waals surface area contributed by atoms with Crippen LogP contribution >= 0.6 is 11.6 Å². The van der Waals surface area contributed by atoms with Gasteiger partial charge in [0, 0.05) is 34.3 Å². The van der Waals surface area contributed by atoms with Gasteiger partial charge in [-0.1, -0.05) is 11.6 Å². The first-order valence-electron chi connectivity index (χ1n) is 5.14. The SMILES string of the molecule is CS(=O)CCCC(=O)Nc1cc(Cl)ccc1N. The molecule has 0 saturated carbocycles. The van der Waals surface area contributed by atoms with Crippen LogP contribution < -0.4 is 11.1 Å². The van der Waals surface area contributed by atoms with Crippen molar-refractivity contribution in [1.29, 1.82) is 0 Å². The topological polar surface area (TPSA) is 72.2 Å². The Balaban J connectivity index is 2.50. The van der Waals surface area contributed by atoms with Crippen molar-refractivity contribution >= 4 is 39.7 Å². The molecule has 1 rings (SSSR count). The number of carbonyl (C=O) groups excluding carboxylic acids is 1. The highest BCUT2D eigenvalue weighted by Gasteiger charge is 2.06. The monoisotopic (exact) mass is 274 g/mol. The number of halogens is 1. The van der Waals surface area contributed by atoms with E-state index < -0.39 is 10.8 Å². The summed E-state index contributed by atoms with van der Waals surface area (Å²) in [5.41, 5.74) is 6.68. The smallest absolute Gasteiger partial charge is 0.224 e. The fourth-order valence-electron chi connectivity index (χ4n) is 1.29. The summed E-state index contributed by atoms with van der Waals surface area (Å²) in [4.78, 5) is 11.5. The molecular formula is C11H15ClN2O2S. The Kier molecular flexibility index (Phi) is 5.44. The third-order valence-electron chi connectivity index (χ3n) is 2.13. The normalized spacial score (nSPS) is 12.1. The predicted molar refractivity (Wildman–Crippen MR) is 72.7 cm³/mol. The van der Waals surface area contributed by atoms with Crippen LogP contribution in [-0.4, -0.2) is 22.1 Å². The van der Waals surface area contributed by atoms with Crippen LogP contribution in [0.3, 0.4) is 0 Å². The Hall–Kier alpha value is -1.07. The number of hydrogen-bond acceptors (Lipinski definition) is 3. The average molecular weight is 275 g/mol. The molecule has 1 aromatic carbocycles. The van der Waals surface area contributed by atoms with Crippen molar-refractivity contribution in [3.63, 3.8) is 0 Å². The van der Waals surface area contributed by atoms with Crippen molar-refractivity contribution < 1.29 is 9.00 Å². The van der Waals surface area contributed by atoms with Gasteiger partial charge >= 0.3 is 0 Å². The molecular weight excluding hydrogens is 260 g/mol. The van der Waals surface area contributed by atoms with Crippen LogP contribution in [0.5, 0.6) is 0 Å². The minimum atomic E-state index is -0.862. The van der Waals surface area contributed by atoms with Crippen molar-refractivity contribution in [1.82, 2.24) is 0 Å². The molecule has 0 aliphatic heterocycles. The number of hydrogen-bond donors (Lipinski definition) is 2. The van der Waals surface area contributed by atoms with Gasteiger partial charge < -0.3 is 11.1 Å². The molecule has 0 heterocycles. The van der Waals surface area contributed by atoms with Gasteiger partial charge in [-0.15, -0.1) is 0 Å². The Morgan fingerprint density at radius 3 is 2.88 bits per heavy atom. The van der Waals surface area contributed by atoms with E-state index in [-0.39, 0.29) is 5.91 Å². The number of carbonyl (C=O) groups is 1. The second-order valence-corrected chi connectivity index (χ2v) is 5.65. The van der Waals surface area contributed by atoms with Gasteiger partial charge in [0.25, 0.3) is 0 Å². The maximum absolute atomic E-state index is 11.5. The number of nitrogen functional groups attached to an aromatic ring is 1. The molecule has 3 N–H and O–H groups in total. The van der Waals surface area contributed by atoms with Crippen molar-refractivity contribution in [2.24, 2.45) is 0 Å². The van der Waals surface area contributed by atoms with Crippen LogP contribution in [0, 0.1) is 0 Å². The number of nitrogens with two attached hydrogens (primary N) is 1. The zero-order valence-corrected chi connectivity index (χ0v) is 11.1. The molecule has 1 atom stereocenters. The lowest BCUT2D eigenvalue weighted by molar-refractivity contribution is -0.116. The predicted octanol–water partition coefficient (Wildman–Crippen LogP) is 2.02. The lowest BCUT2D eigenvalue weighted by Crippen LogP contribution is -2.13. The Morgan fingerprint density at radius 2 is 2.24 bits per heavy atom. The molecule has 17 heavy (non-hydrogen) atoms. The van der Waals surface area contributed by atoms with Gasteiger partial charge in [0.15, 0.2) is 0 Å². The zero-order valence-electron chi connectivity index (χ0n) is 9.53. The quantitative estimate of drug-likeness (QED) is 0.807. The fourth-order valence-corrected chi connectivity index (χ4v) is 2.01. The molecule has 94 valence electrons. The van der Waals surface area contributed by atoms with Gasteiger partial charge in [0.1, 0.15) is 0 Å². The molecule has 0 spiro atoms. The minimum Gasteiger partial charge on any atom is -0.397 e. The number of anilines is 2. The average Bonchev–Trinajstić information content (AvgIpc) is 2.23. The fraction of sp³-hybridized carbons (Fsp3) is 0.364. The molecule has 0 saturated heterocycles. The van der Waals surface area contributed by atoms with Gasteiger partial charge in [-0.2, -0.15) is 0 Å². The summed E-state index contributed by atoms with van der Waals surface area (Å²) in [5.74, 6) is 0.378.